The Kier molecular flexibility index (Phi) is 3.90. The molecule has 0 fully saturated rings. The molecule has 0 bridgehead atoms. The van der Waals surface area contributed by atoms with Gasteiger partial charge in [-0.1, -0.05) is 24.3 Å². The van der Waals surface area contributed by atoms with E-state index in [9.17, 15) is 5.26 Å². The van der Waals surface area contributed by atoms with Crippen molar-refractivity contribution in [2.45, 2.75) is 0 Å². The molecule has 0 spiro atoms. The summed E-state index contributed by atoms with van der Waals surface area (Å²) in [6.07, 6.45) is 1.89. The highest BCUT2D eigenvalue weighted by atomic mass is 32.1. The minimum Gasteiger partial charge on any atom is -0.378 e. The second kappa shape index (κ2) is 6.00. The van der Waals surface area contributed by atoms with E-state index < -0.39 is 0 Å². The number of nitrogens with zero attached hydrogens (tertiary/aromatic N) is 3. The molecule has 1 aromatic heterocycles. The highest BCUT2D eigenvalue weighted by Crippen LogP contribution is 2.28. The van der Waals surface area contributed by atoms with Crippen molar-refractivity contribution in [1.82, 2.24) is 4.98 Å². The second-order valence-electron chi connectivity index (χ2n) is 5.14. The van der Waals surface area contributed by atoms with Gasteiger partial charge in [0.1, 0.15) is 11.1 Å². The van der Waals surface area contributed by atoms with E-state index in [1.165, 1.54) is 0 Å². The maximum Gasteiger partial charge on any atom is 0.135 e. The first-order chi connectivity index (χ1) is 10.7. The molecule has 0 saturated carbocycles. The topological polar surface area (TPSA) is 39.9 Å². The van der Waals surface area contributed by atoms with E-state index >= 15 is 0 Å². The lowest BCUT2D eigenvalue weighted by Gasteiger charge is -2.11. The number of aromatic nitrogens is 1. The normalized spacial score (nSPS) is 11.4. The van der Waals surface area contributed by atoms with Crippen LogP contribution in [0.2, 0.25) is 0 Å². The SMILES string of the molecule is CN(C)c1ccc(/C=C(/C#N)c2nc3ccccc3s2)cc1. The third-order valence-corrected chi connectivity index (χ3v) is 4.43. The molecule has 0 aliphatic carbocycles. The summed E-state index contributed by atoms with van der Waals surface area (Å²) < 4.78 is 1.10. The molecule has 108 valence electrons. The number of anilines is 1. The molecule has 0 unspecified atom stereocenters. The quantitative estimate of drug-likeness (QED) is 0.672. The van der Waals surface area contributed by atoms with Crippen LogP contribution >= 0.6 is 11.3 Å². The molecule has 4 heteroatoms. The summed E-state index contributed by atoms with van der Waals surface area (Å²) in [7, 11) is 4.01. The fourth-order valence-corrected chi connectivity index (χ4v) is 3.10. The van der Waals surface area contributed by atoms with Crippen LogP contribution in [0.4, 0.5) is 5.69 Å². The summed E-state index contributed by atoms with van der Waals surface area (Å²) in [6, 6.07) is 18.3. The van der Waals surface area contributed by atoms with Gasteiger partial charge in [0.2, 0.25) is 0 Å². The van der Waals surface area contributed by atoms with Gasteiger partial charge in [-0.3, -0.25) is 0 Å². The molecule has 3 rings (SSSR count). The molecular weight excluding hydrogens is 290 g/mol. The Balaban J connectivity index is 1.97. The Hall–Kier alpha value is -2.64. The third-order valence-electron chi connectivity index (χ3n) is 3.37. The van der Waals surface area contributed by atoms with Crippen LogP contribution in [0.15, 0.2) is 48.5 Å². The maximum atomic E-state index is 9.45. The smallest absolute Gasteiger partial charge is 0.135 e. The molecule has 0 saturated heterocycles. The Bertz CT molecular complexity index is 834. The summed E-state index contributed by atoms with van der Waals surface area (Å²) in [5.41, 5.74) is 3.67. The lowest BCUT2D eigenvalue weighted by atomic mass is 10.1. The first-order valence-electron chi connectivity index (χ1n) is 6.92. The number of nitriles is 1. The molecule has 0 atom stereocenters. The number of fused-ring (bicyclic) bond motifs is 1. The van der Waals surface area contributed by atoms with E-state index in [0.29, 0.717) is 5.57 Å². The van der Waals surface area contributed by atoms with Gasteiger partial charge < -0.3 is 4.90 Å². The van der Waals surface area contributed by atoms with E-state index in [1.807, 2.05) is 73.6 Å². The summed E-state index contributed by atoms with van der Waals surface area (Å²) in [4.78, 5) is 6.59. The standard InChI is InChI=1S/C18H15N3S/c1-21(2)15-9-7-13(8-10-15)11-14(12-19)18-20-16-5-3-4-6-17(16)22-18/h3-11H,1-2H3/b14-11-. The maximum absolute atomic E-state index is 9.45. The summed E-state index contributed by atoms with van der Waals surface area (Å²) in [6.45, 7) is 0. The molecule has 0 amide bonds. The van der Waals surface area contributed by atoms with Crippen molar-refractivity contribution in [2.75, 3.05) is 19.0 Å². The van der Waals surface area contributed by atoms with Crippen LogP contribution in [0.5, 0.6) is 0 Å². The molecule has 2 aromatic carbocycles. The van der Waals surface area contributed by atoms with Gasteiger partial charge in [0, 0.05) is 19.8 Å². The zero-order valence-electron chi connectivity index (χ0n) is 12.4. The fourth-order valence-electron chi connectivity index (χ4n) is 2.16. The number of rotatable bonds is 3. The van der Waals surface area contributed by atoms with Crippen molar-refractivity contribution in [1.29, 1.82) is 5.26 Å². The highest BCUT2D eigenvalue weighted by molar-refractivity contribution is 7.19. The van der Waals surface area contributed by atoms with Gasteiger partial charge in [-0.15, -0.1) is 11.3 Å². The van der Waals surface area contributed by atoms with E-state index in [0.717, 1.165) is 26.5 Å². The predicted octanol–water partition coefficient (Wildman–Crippen LogP) is 4.43. The van der Waals surface area contributed by atoms with E-state index in [1.54, 1.807) is 11.3 Å². The Morgan fingerprint density at radius 1 is 1.14 bits per heavy atom. The molecule has 0 aliphatic rings. The van der Waals surface area contributed by atoms with Crippen LogP contribution in [0.3, 0.4) is 0 Å². The van der Waals surface area contributed by atoms with Crippen LogP contribution in [0.1, 0.15) is 10.6 Å². The molecular formula is C18H15N3S. The number of allylic oxidation sites excluding steroid dienone is 1. The fraction of sp³-hybridized carbons (Fsp3) is 0.111. The monoisotopic (exact) mass is 305 g/mol. The van der Waals surface area contributed by atoms with E-state index in [4.69, 9.17) is 0 Å². The second-order valence-corrected chi connectivity index (χ2v) is 6.17. The molecule has 3 aromatic rings. The van der Waals surface area contributed by atoms with Crippen molar-refractivity contribution in [3.05, 3.63) is 59.1 Å². The Morgan fingerprint density at radius 3 is 2.50 bits per heavy atom. The van der Waals surface area contributed by atoms with Crippen molar-refractivity contribution < 1.29 is 0 Å². The summed E-state index contributed by atoms with van der Waals surface area (Å²) in [5, 5.41) is 10.2. The highest BCUT2D eigenvalue weighted by Gasteiger charge is 2.08. The van der Waals surface area contributed by atoms with Gasteiger partial charge in [-0.2, -0.15) is 5.26 Å². The van der Waals surface area contributed by atoms with Crippen molar-refractivity contribution in [3.63, 3.8) is 0 Å². The summed E-state index contributed by atoms with van der Waals surface area (Å²) in [5.74, 6) is 0. The number of hydrogen-bond donors (Lipinski definition) is 0. The molecule has 0 radical (unpaired) electrons. The van der Waals surface area contributed by atoms with Gasteiger partial charge in [0.15, 0.2) is 0 Å². The first-order valence-corrected chi connectivity index (χ1v) is 7.74. The zero-order chi connectivity index (χ0) is 15.5. The zero-order valence-corrected chi connectivity index (χ0v) is 13.3. The lowest BCUT2D eigenvalue weighted by Crippen LogP contribution is -2.07. The first kappa shape index (κ1) is 14.3. The van der Waals surface area contributed by atoms with Gasteiger partial charge in [0.25, 0.3) is 0 Å². The minimum absolute atomic E-state index is 0.596. The lowest BCUT2D eigenvalue weighted by molar-refractivity contribution is 1.13. The average Bonchev–Trinajstić information content (AvgIpc) is 2.96. The van der Waals surface area contributed by atoms with Crippen LogP contribution in [0, 0.1) is 11.3 Å². The molecule has 22 heavy (non-hydrogen) atoms. The van der Waals surface area contributed by atoms with Gasteiger partial charge in [0.05, 0.1) is 15.8 Å². The van der Waals surface area contributed by atoms with E-state index in [-0.39, 0.29) is 0 Å². The molecule has 3 nitrogen and oxygen atoms in total. The van der Waals surface area contributed by atoms with Crippen LogP contribution < -0.4 is 4.90 Å². The van der Waals surface area contributed by atoms with Crippen LogP contribution in [-0.4, -0.2) is 19.1 Å². The molecule has 0 N–H and O–H groups in total. The van der Waals surface area contributed by atoms with Gasteiger partial charge in [-0.05, 0) is 35.9 Å². The van der Waals surface area contributed by atoms with Crippen molar-refractivity contribution >= 4 is 38.9 Å². The molecule has 0 aliphatic heterocycles. The Labute approximate surface area is 133 Å². The minimum atomic E-state index is 0.596. The van der Waals surface area contributed by atoms with E-state index in [2.05, 4.69) is 11.1 Å². The van der Waals surface area contributed by atoms with Gasteiger partial charge in [-0.25, -0.2) is 4.98 Å². The van der Waals surface area contributed by atoms with Gasteiger partial charge >= 0.3 is 0 Å². The van der Waals surface area contributed by atoms with Crippen LogP contribution in [-0.2, 0) is 0 Å². The summed E-state index contributed by atoms with van der Waals surface area (Å²) >= 11 is 1.55. The predicted molar refractivity (Wildman–Crippen MR) is 93.9 cm³/mol. The average molecular weight is 305 g/mol. The third kappa shape index (κ3) is 2.85. The largest absolute Gasteiger partial charge is 0.378 e. The number of para-hydroxylation sites is 1. The van der Waals surface area contributed by atoms with Crippen LogP contribution in [0.25, 0.3) is 21.9 Å². The molecule has 1 heterocycles. The Morgan fingerprint density at radius 2 is 1.86 bits per heavy atom. The van der Waals surface area contributed by atoms with Crippen molar-refractivity contribution in [2.24, 2.45) is 0 Å². The number of benzene rings is 2. The number of hydrogen-bond acceptors (Lipinski definition) is 4. The number of thiazole rings is 1. The van der Waals surface area contributed by atoms with Crippen molar-refractivity contribution in [3.8, 4) is 6.07 Å².